The molecule has 1 aromatic heterocycles. The van der Waals surface area contributed by atoms with Gasteiger partial charge in [-0.05, 0) is 64.0 Å². The Balaban J connectivity index is 2.33. The van der Waals surface area contributed by atoms with Gasteiger partial charge in [-0.25, -0.2) is 4.79 Å². The van der Waals surface area contributed by atoms with Gasteiger partial charge in [0.15, 0.2) is 14.0 Å². The second kappa shape index (κ2) is 11.7. The number of aromatic nitrogens is 2. The van der Waals surface area contributed by atoms with Gasteiger partial charge >= 0.3 is 12.1 Å². The predicted molar refractivity (Wildman–Crippen MR) is 150 cm³/mol. The Hall–Kier alpha value is -3.45. The van der Waals surface area contributed by atoms with E-state index < -0.39 is 50.4 Å². The molecule has 216 valence electrons. The van der Waals surface area contributed by atoms with E-state index in [1.807, 2.05) is 0 Å². The van der Waals surface area contributed by atoms with Crippen molar-refractivity contribution in [3.05, 3.63) is 23.9 Å². The zero-order valence-electron chi connectivity index (χ0n) is 24.2. The Morgan fingerprint density at radius 1 is 1.15 bits per heavy atom. The Kier molecular flexibility index (Phi) is 9.56. The van der Waals surface area contributed by atoms with Crippen LogP contribution in [0, 0.1) is 0 Å². The van der Waals surface area contributed by atoms with Crippen molar-refractivity contribution in [1.29, 1.82) is 0 Å². The van der Waals surface area contributed by atoms with Crippen LogP contribution in [0.1, 0.15) is 59.0 Å². The molecule has 0 radical (unpaired) electrons. The van der Waals surface area contributed by atoms with Gasteiger partial charge in [0.05, 0.1) is 18.2 Å². The van der Waals surface area contributed by atoms with Crippen molar-refractivity contribution < 1.29 is 33.4 Å². The van der Waals surface area contributed by atoms with E-state index in [4.69, 9.17) is 14.9 Å². The molecular weight excluding hydrogens is 522 g/mol. The second-order valence-corrected chi connectivity index (χ2v) is 16.9. The van der Waals surface area contributed by atoms with Crippen LogP contribution in [0.25, 0.3) is 10.9 Å². The normalized spacial score (nSPS) is 13.2. The fourth-order valence-corrected chi connectivity index (χ4v) is 4.56. The number of carboxylic acid groups (broad SMARTS) is 1. The molecule has 0 saturated heterocycles. The van der Waals surface area contributed by atoms with E-state index in [1.165, 1.54) is 15.6 Å². The highest BCUT2D eigenvalue weighted by molar-refractivity contribution is 6.74. The number of fused-ring (bicyclic) bond motifs is 1. The first kappa shape index (κ1) is 31.8. The number of primary amides is 1. The maximum Gasteiger partial charge on any atom is 0.412 e. The lowest BCUT2D eigenvalue weighted by Crippen LogP contribution is -2.49. The van der Waals surface area contributed by atoms with Gasteiger partial charge in [0, 0.05) is 11.1 Å². The van der Waals surface area contributed by atoms with Crippen molar-refractivity contribution in [2.45, 2.75) is 84.8 Å². The average Bonchev–Trinajstić information content (AvgIpc) is 3.11. The lowest BCUT2D eigenvalue weighted by Gasteiger charge is -2.38. The molecule has 0 spiro atoms. The average molecular weight is 564 g/mol. The highest BCUT2D eigenvalue weighted by Crippen LogP contribution is 2.36. The minimum absolute atomic E-state index is 0.0509. The van der Waals surface area contributed by atoms with Crippen molar-refractivity contribution in [2.75, 3.05) is 18.5 Å². The summed E-state index contributed by atoms with van der Waals surface area (Å²) in [5.74, 6) is -2.50. The SMILES string of the molecule is C[C@H](CO[Si](C)(C)C(C)(C)C)N(CC(=O)O)C(=O)Cn1nc(C(N)=O)c2cc(NC(=O)OC(C)(C)C)ccc21. The number of hydrogen-bond acceptors (Lipinski definition) is 7. The van der Waals surface area contributed by atoms with E-state index in [0.717, 1.165) is 0 Å². The number of carbonyl (C=O) groups is 4. The summed E-state index contributed by atoms with van der Waals surface area (Å²) in [7, 11) is -2.13. The van der Waals surface area contributed by atoms with E-state index in [0.29, 0.717) is 16.6 Å². The third-order valence-corrected chi connectivity index (χ3v) is 11.1. The van der Waals surface area contributed by atoms with Gasteiger partial charge in [0.25, 0.3) is 5.91 Å². The number of carbonyl (C=O) groups excluding carboxylic acids is 3. The van der Waals surface area contributed by atoms with Crippen molar-refractivity contribution in [3.63, 3.8) is 0 Å². The lowest BCUT2D eigenvalue weighted by atomic mass is 10.1. The van der Waals surface area contributed by atoms with Gasteiger partial charge in [0.2, 0.25) is 5.91 Å². The van der Waals surface area contributed by atoms with Crippen LogP contribution in [-0.4, -0.2) is 76.8 Å². The van der Waals surface area contributed by atoms with Gasteiger partial charge in [-0.3, -0.25) is 24.4 Å². The zero-order chi connectivity index (χ0) is 29.9. The van der Waals surface area contributed by atoms with Crippen molar-refractivity contribution in [2.24, 2.45) is 5.73 Å². The van der Waals surface area contributed by atoms with Gasteiger partial charge in [-0.15, -0.1) is 0 Å². The number of ether oxygens (including phenoxy) is 1. The van der Waals surface area contributed by atoms with Crippen molar-refractivity contribution in [3.8, 4) is 0 Å². The van der Waals surface area contributed by atoms with Crippen LogP contribution in [0.3, 0.4) is 0 Å². The van der Waals surface area contributed by atoms with E-state index in [9.17, 15) is 24.3 Å². The Bertz CT molecular complexity index is 1240. The molecule has 0 bridgehead atoms. The number of rotatable bonds is 10. The number of hydrogen-bond donors (Lipinski definition) is 3. The molecule has 0 fully saturated rings. The molecule has 1 heterocycles. The molecule has 2 rings (SSSR count). The molecular formula is C26H41N5O7Si. The summed E-state index contributed by atoms with van der Waals surface area (Å²) in [4.78, 5) is 50.5. The number of nitrogens with zero attached hydrogens (tertiary/aromatic N) is 3. The molecule has 4 N–H and O–H groups in total. The smallest absolute Gasteiger partial charge is 0.412 e. The summed E-state index contributed by atoms with van der Waals surface area (Å²) in [5.41, 5.74) is 5.49. The lowest BCUT2D eigenvalue weighted by molar-refractivity contribution is -0.146. The van der Waals surface area contributed by atoms with Crippen LogP contribution in [0.5, 0.6) is 0 Å². The number of nitrogens with one attached hydrogen (secondary N) is 1. The monoisotopic (exact) mass is 563 g/mol. The van der Waals surface area contributed by atoms with Gasteiger partial charge in [0.1, 0.15) is 18.7 Å². The van der Waals surface area contributed by atoms with Crippen LogP contribution in [0.4, 0.5) is 10.5 Å². The summed E-state index contributed by atoms with van der Waals surface area (Å²) in [6, 6.07) is 4.15. The molecule has 0 unspecified atom stereocenters. The Labute approximate surface area is 229 Å². The first-order valence-electron chi connectivity index (χ1n) is 12.7. The quantitative estimate of drug-likeness (QED) is 0.367. The summed E-state index contributed by atoms with van der Waals surface area (Å²) in [6.45, 7) is 16.7. The van der Waals surface area contributed by atoms with Gasteiger partial charge in [-0.1, -0.05) is 20.8 Å². The number of amides is 3. The summed E-state index contributed by atoms with van der Waals surface area (Å²) < 4.78 is 12.8. The topological polar surface area (TPSA) is 166 Å². The van der Waals surface area contributed by atoms with Crippen LogP contribution < -0.4 is 11.1 Å². The first-order chi connectivity index (χ1) is 17.7. The second-order valence-electron chi connectivity index (χ2n) is 12.1. The molecule has 0 saturated carbocycles. The van der Waals surface area contributed by atoms with E-state index in [-0.39, 0.29) is 23.9 Å². The largest absolute Gasteiger partial charge is 0.480 e. The third-order valence-electron chi connectivity index (χ3n) is 6.56. The first-order valence-corrected chi connectivity index (χ1v) is 15.6. The van der Waals surface area contributed by atoms with E-state index >= 15 is 0 Å². The molecule has 1 atom stereocenters. The highest BCUT2D eigenvalue weighted by atomic mass is 28.4. The molecule has 0 aliphatic carbocycles. The van der Waals surface area contributed by atoms with Gasteiger partial charge in [-0.2, -0.15) is 5.10 Å². The predicted octanol–water partition coefficient (Wildman–Crippen LogP) is 3.81. The Morgan fingerprint density at radius 3 is 2.28 bits per heavy atom. The third kappa shape index (κ3) is 8.52. The summed E-state index contributed by atoms with van der Waals surface area (Å²) in [5, 5.41) is 16.6. The Morgan fingerprint density at radius 2 is 1.77 bits per heavy atom. The number of carboxylic acids is 1. The summed E-state index contributed by atoms with van der Waals surface area (Å²) in [6.07, 6.45) is -0.678. The minimum Gasteiger partial charge on any atom is -0.480 e. The van der Waals surface area contributed by atoms with Gasteiger partial charge < -0.3 is 24.9 Å². The molecule has 0 aliphatic rings. The fraction of sp³-hybridized carbons (Fsp3) is 0.577. The molecule has 3 amide bonds. The van der Waals surface area contributed by atoms with Crippen LogP contribution in [-0.2, 0) is 25.3 Å². The molecule has 12 nitrogen and oxygen atoms in total. The molecule has 2 aromatic rings. The fourth-order valence-electron chi connectivity index (χ4n) is 3.47. The van der Waals surface area contributed by atoms with Crippen LogP contribution in [0.15, 0.2) is 18.2 Å². The highest BCUT2D eigenvalue weighted by Gasteiger charge is 2.38. The van der Waals surface area contributed by atoms with Crippen molar-refractivity contribution in [1.82, 2.24) is 14.7 Å². The molecule has 1 aromatic carbocycles. The van der Waals surface area contributed by atoms with Crippen molar-refractivity contribution >= 4 is 48.8 Å². The van der Waals surface area contributed by atoms with E-state index in [2.05, 4.69) is 44.3 Å². The standard InChI is InChI=1S/C26H41N5O7Si/c1-16(15-37-39(8,9)26(5,6)7)30(14-21(33)34)20(32)13-31-19-11-10-17(28-24(36)38-25(2,3)4)12-18(19)22(29-31)23(27)35/h10-12,16H,13-15H2,1-9H3,(H2,27,35)(H,28,36)(H,33,34)/t16-/m1/s1. The number of benzene rings is 1. The summed E-state index contributed by atoms with van der Waals surface area (Å²) >= 11 is 0. The molecule has 0 aliphatic heterocycles. The zero-order valence-corrected chi connectivity index (χ0v) is 25.2. The number of anilines is 1. The maximum atomic E-state index is 13.3. The van der Waals surface area contributed by atoms with Crippen LogP contribution >= 0.6 is 0 Å². The maximum absolute atomic E-state index is 13.3. The number of nitrogens with two attached hydrogens (primary N) is 1. The van der Waals surface area contributed by atoms with Crippen LogP contribution in [0.2, 0.25) is 18.1 Å². The number of aliphatic carboxylic acids is 1. The molecule has 39 heavy (non-hydrogen) atoms. The minimum atomic E-state index is -2.13. The van der Waals surface area contributed by atoms with E-state index in [1.54, 1.807) is 39.8 Å². The molecule has 13 heteroatoms.